The van der Waals surface area contributed by atoms with Crippen molar-refractivity contribution < 1.29 is 13.5 Å². The van der Waals surface area contributed by atoms with Crippen molar-refractivity contribution in [3.05, 3.63) is 112 Å². The van der Waals surface area contributed by atoms with E-state index in [0.717, 1.165) is 11.4 Å². The summed E-state index contributed by atoms with van der Waals surface area (Å²) in [5.74, 6) is -1.16. The van der Waals surface area contributed by atoms with Gasteiger partial charge in [-0.25, -0.2) is 18.4 Å². The number of halogens is 2. The maximum atomic E-state index is 14.0. The third kappa shape index (κ3) is 3.73. The van der Waals surface area contributed by atoms with Crippen LogP contribution in [-0.4, -0.2) is 19.2 Å². The fourth-order valence-corrected chi connectivity index (χ4v) is 3.90. The molecular weight excluding hydrogens is 438 g/mol. The average Bonchev–Trinajstić information content (AvgIpc) is 3.20. The molecule has 0 unspecified atom stereocenters. The first-order valence-electron chi connectivity index (χ1n) is 10.6. The lowest BCUT2D eigenvalue weighted by Gasteiger charge is -2.12. The van der Waals surface area contributed by atoms with Gasteiger partial charge in [-0.05, 0) is 56.3 Å². The van der Waals surface area contributed by atoms with Crippen molar-refractivity contribution in [3.63, 3.8) is 0 Å². The van der Waals surface area contributed by atoms with Gasteiger partial charge in [0.2, 0.25) is 0 Å². The SMILES string of the molecule is Cc1nc2c(OCc3c(F)cccc3F)cccn2c(=O)c1-c1cc(C)n(-c2ccccc2)n1. The molecule has 2 aromatic carbocycles. The summed E-state index contributed by atoms with van der Waals surface area (Å²) in [6, 6.07) is 18.3. The van der Waals surface area contributed by atoms with Crippen LogP contribution >= 0.6 is 0 Å². The molecule has 0 N–H and O–H groups in total. The zero-order valence-corrected chi connectivity index (χ0v) is 18.5. The van der Waals surface area contributed by atoms with Crippen molar-refractivity contribution in [2.75, 3.05) is 0 Å². The summed E-state index contributed by atoms with van der Waals surface area (Å²) in [6.45, 7) is 3.30. The minimum absolute atomic E-state index is 0.192. The van der Waals surface area contributed by atoms with Crippen LogP contribution in [-0.2, 0) is 6.61 Å². The first-order valence-corrected chi connectivity index (χ1v) is 10.6. The third-order valence-corrected chi connectivity index (χ3v) is 5.58. The largest absolute Gasteiger partial charge is 0.485 e. The number of benzene rings is 2. The number of fused-ring (bicyclic) bond motifs is 1. The van der Waals surface area contributed by atoms with Crippen LogP contribution in [0.15, 0.2) is 77.7 Å². The molecule has 5 aromatic rings. The second-order valence-corrected chi connectivity index (χ2v) is 7.85. The van der Waals surface area contributed by atoms with E-state index >= 15 is 0 Å². The summed E-state index contributed by atoms with van der Waals surface area (Å²) in [5, 5.41) is 4.65. The van der Waals surface area contributed by atoms with Crippen LogP contribution < -0.4 is 10.3 Å². The Morgan fingerprint density at radius 1 is 0.941 bits per heavy atom. The van der Waals surface area contributed by atoms with E-state index < -0.39 is 11.6 Å². The van der Waals surface area contributed by atoms with E-state index in [2.05, 4.69) is 10.1 Å². The molecule has 3 heterocycles. The summed E-state index contributed by atoms with van der Waals surface area (Å²) in [5.41, 5.74) is 2.84. The Kier molecular flexibility index (Phi) is 5.41. The zero-order chi connectivity index (χ0) is 23.8. The van der Waals surface area contributed by atoms with Crippen molar-refractivity contribution in [2.45, 2.75) is 20.5 Å². The van der Waals surface area contributed by atoms with Crippen molar-refractivity contribution in [1.29, 1.82) is 0 Å². The summed E-state index contributed by atoms with van der Waals surface area (Å²) in [7, 11) is 0. The van der Waals surface area contributed by atoms with Crippen LogP contribution in [0.4, 0.5) is 8.78 Å². The van der Waals surface area contributed by atoms with Gasteiger partial charge >= 0.3 is 0 Å². The highest BCUT2D eigenvalue weighted by atomic mass is 19.1. The van der Waals surface area contributed by atoms with Gasteiger partial charge in [-0.3, -0.25) is 9.20 Å². The van der Waals surface area contributed by atoms with Crippen LogP contribution in [0.3, 0.4) is 0 Å². The van der Waals surface area contributed by atoms with E-state index in [1.165, 1.54) is 22.6 Å². The third-order valence-electron chi connectivity index (χ3n) is 5.58. The Balaban J connectivity index is 1.56. The average molecular weight is 458 g/mol. The lowest BCUT2D eigenvalue weighted by Crippen LogP contribution is -2.19. The van der Waals surface area contributed by atoms with Gasteiger partial charge in [-0.2, -0.15) is 5.10 Å². The summed E-state index contributed by atoms with van der Waals surface area (Å²) in [4.78, 5) is 18.0. The van der Waals surface area contributed by atoms with Gasteiger partial charge in [0, 0.05) is 11.9 Å². The minimum atomic E-state index is -0.701. The van der Waals surface area contributed by atoms with E-state index in [9.17, 15) is 13.6 Å². The maximum Gasteiger partial charge on any atom is 0.267 e. The summed E-state index contributed by atoms with van der Waals surface area (Å²) >= 11 is 0. The van der Waals surface area contributed by atoms with Gasteiger partial charge in [0.25, 0.3) is 5.56 Å². The van der Waals surface area contributed by atoms with Crippen molar-refractivity contribution >= 4 is 5.65 Å². The fourth-order valence-electron chi connectivity index (χ4n) is 3.90. The number of para-hydroxylation sites is 1. The van der Waals surface area contributed by atoms with E-state index in [1.54, 1.807) is 29.9 Å². The normalized spacial score (nSPS) is 11.2. The van der Waals surface area contributed by atoms with Crippen LogP contribution in [0.25, 0.3) is 22.6 Å². The quantitative estimate of drug-likeness (QED) is 0.371. The summed E-state index contributed by atoms with van der Waals surface area (Å²) < 4.78 is 36.8. The molecule has 0 atom stereocenters. The van der Waals surface area contributed by atoms with Gasteiger partial charge in [0.05, 0.1) is 22.5 Å². The van der Waals surface area contributed by atoms with E-state index in [4.69, 9.17) is 4.74 Å². The standard InChI is InChI=1S/C26H20F2N4O2/c1-16-14-22(30-32(16)18-8-4-3-5-9-18)24-17(2)29-25-23(12-7-13-31(25)26(24)33)34-15-19-20(27)10-6-11-21(19)28/h3-14H,15H2,1-2H3. The molecule has 5 rings (SSSR count). The number of hydrogen-bond acceptors (Lipinski definition) is 4. The molecule has 0 radical (unpaired) electrons. The lowest BCUT2D eigenvalue weighted by molar-refractivity contribution is 0.294. The highest BCUT2D eigenvalue weighted by Crippen LogP contribution is 2.25. The van der Waals surface area contributed by atoms with Crippen molar-refractivity contribution in [3.8, 4) is 22.7 Å². The number of rotatable bonds is 5. The Morgan fingerprint density at radius 3 is 2.41 bits per heavy atom. The number of hydrogen-bond donors (Lipinski definition) is 0. The topological polar surface area (TPSA) is 61.4 Å². The lowest BCUT2D eigenvalue weighted by atomic mass is 10.1. The van der Waals surface area contributed by atoms with Gasteiger partial charge in [-0.15, -0.1) is 0 Å². The highest BCUT2D eigenvalue weighted by molar-refractivity contribution is 5.65. The fraction of sp³-hybridized carbons (Fsp3) is 0.115. The minimum Gasteiger partial charge on any atom is -0.485 e. The molecule has 0 spiro atoms. The monoisotopic (exact) mass is 458 g/mol. The van der Waals surface area contributed by atoms with E-state index in [1.807, 2.05) is 43.3 Å². The molecule has 0 saturated heterocycles. The first-order chi connectivity index (χ1) is 16.4. The van der Waals surface area contributed by atoms with Crippen molar-refractivity contribution in [1.82, 2.24) is 19.2 Å². The number of pyridine rings is 1. The Bertz CT molecular complexity index is 1560. The molecule has 0 saturated carbocycles. The molecule has 0 aliphatic carbocycles. The Hall–Kier alpha value is -4.33. The van der Waals surface area contributed by atoms with Crippen molar-refractivity contribution in [2.24, 2.45) is 0 Å². The van der Waals surface area contributed by atoms with Crippen LogP contribution in [0, 0.1) is 25.5 Å². The van der Waals surface area contributed by atoms with Gasteiger partial charge in [-0.1, -0.05) is 24.3 Å². The van der Waals surface area contributed by atoms with Gasteiger partial charge in [0.1, 0.15) is 23.9 Å². The molecule has 3 aromatic heterocycles. The molecule has 8 heteroatoms. The Morgan fingerprint density at radius 2 is 1.68 bits per heavy atom. The molecule has 34 heavy (non-hydrogen) atoms. The molecule has 0 bridgehead atoms. The predicted octanol–water partition coefficient (Wildman–Crippen LogP) is 5.02. The van der Waals surface area contributed by atoms with Crippen LogP contribution in [0.1, 0.15) is 17.0 Å². The Labute approximate surface area is 193 Å². The number of nitrogens with zero attached hydrogens (tertiary/aromatic N) is 4. The molecule has 0 fully saturated rings. The number of aryl methyl sites for hydroxylation is 2. The van der Waals surface area contributed by atoms with E-state index in [0.29, 0.717) is 17.0 Å². The summed E-state index contributed by atoms with van der Waals surface area (Å²) in [6.07, 6.45) is 1.57. The molecule has 0 amide bonds. The number of ether oxygens (including phenoxy) is 1. The van der Waals surface area contributed by atoms with Gasteiger partial charge < -0.3 is 4.74 Å². The molecule has 170 valence electrons. The van der Waals surface area contributed by atoms with Crippen LogP contribution in [0.5, 0.6) is 5.75 Å². The first kappa shape index (κ1) is 21.5. The maximum absolute atomic E-state index is 14.0. The smallest absolute Gasteiger partial charge is 0.267 e. The van der Waals surface area contributed by atoms with Crippen LogP contribution in [0.2, 0.25) is 0 Å². The van der Waals surface area contributed by atoms with E-state index in [-0.39, 0.29) is 29.1 Å². The molecule has 0 aliphatic rings. The van der Waals surface area contributed by atoms with Gasteiger partial charge in [0.15, 0.2) is 11.4 Å². The molecule has 0 aliphatic heterocycles. The molecular formula is C26H20F2N4O2. The highest BCUT2D eigenvalue weighted by Gasteiger charge is 2.19. The number of aromatic nitrogens is 4. The predicted molar refractivity (Wildman–Crippen MR) is 124 cm³/mol. The molecule has 6 nitrogen and oxygen atoms in total. The zero-order valence-electron chi connectivity index (χ0n) is 18.5. The second-order valence-electron chi connectivity index (χ2n) is 7.85. The second kappa shape index (κ2) is 8.55.